The van der Waals surface area contributed by atoms with Crippen LogP contribution >= 0.6 is 15.9 Å². The van der Waals surface area contributed by atoms with E-state index < -0.39 is 18.3 Å². The summed E-state index contributed by atoms with van der Waals surface area (Å²) >= 11 is 3.41. The molecule has 0 spiro atoms. The standard InChI is InChI=1S/C15H13BrF3N5O/c1-7-3-9(16)4-8(2)11(7)24-5-10-12(23-24)21-14(22-13(10)25)20-6-15(17,18)19/h3-5H,6H2,1-2H3,(H2,20,21,22,23,25). The molecular formula is C15H13BrF3N5O. The molecule has 6 nitrogen and oxygen atoms in total. The van der Waals surface area contributed by atoms with Crippen LogP contribution in [0, 0.1) is 13.8 Å². The average molecular weight is 416 g/mol. The first-order chi connectivity index (χ1) is 11.6. The van der Waals surface area contributed by atoms with Crippen molar-refractivity contribution in [1.82, 2.24) is 19.7 Å². The van der Waals surface area contributed by atoms with Crippen molar-refractivity contribution in [3.63, 3.8) is 0 Å². The lowest BCUT2D eigenvalue weighted by Gasteiger charge is -2.10. The highest BCUT2D eigenvalue weighted by molar-refractivity contribution is 9.10. The summed E-state index contributed by atoms with van der Waals surface area (Å²) in [7, 11) is 0. The van der Waals surface area contributed by atoms with Gasteiger partial charge in [0, 0.05) is 10.7 Å². The Labute approximate surface area is 148 Å². The van der Waals surface area contributed by atoms with Crippen LogP contribution in [0.25, 0.3) is 16.7 Å². The molecule has 3 aromatic rings. The first-order valence-corrected chi connectivity index (χ1v) is 8.01. The predicted octanol–water partition coefficient (Wildman–Crippen LogP) is 3.46. The summed E-state index contributed by atoms with van der Waals surface area (Å²) in [5.41, 5.74) is 2.13. The first-order valence-electron chi connectivity index (χ1n) is 7.21. The maximum Gasteiger partial charge on any atom is 0.405 e. The van der Waals surface area contributed by atoms with Crippen LogP contribution < -0.4 is 10.9 Å². The number of aryl methyl sites for hydroxylation is 2. The molecule has 0 atom stereocenters. The van der Waals surface area contributed by atoms with Gasteiger partial charge in [0.15, 0.2) is 5.65 Å². The molecule has 0 aliphatic carbocycles. The summed E-state index contributed by atoms with van der Waals surface area (Å²) in [4.78, 5) is 18.4. The highest BCUT2D eigenvalue weighted by atomic mass is 79.9. The van der Waals surface area contributed by atoms with E-state index >= 15 is 0 Å². The molecule has 2 aromatic heterocycles. The van der Waals surface area contributed by atoms with Gasteiger partial charge in [0.2, 0.25) is 5.95 Å². The number of rotatable bonds is 3. The number of benzene rings is 1. The van der Waals surface area contributed by atoms with Crippen molar-refractivity contribution < 1.29 is 13.2 Å². The van der Waals surface area contributed by atoms with E-state index in [-0.39, 0.29) is 17.0 Å². The van der Waals surface area contributed by atoms with Crippen LogP contribution in [0.15, 0.2) is 27.6 Å². The van der Waals surface area contributed by atoms with Gasteiger partial charge < -0.3 is 5.32 Å². The molecule has 25 heavy (non-hydrogen) atoms. The summed E-state index contributed by atoms with van der Waals surface area (Å²) in [6.07, 6.45) is -2.91. The van der Waals surface area contributed by atoms with Gasteiger partial charge in [0.25, 0.3) is 5.56 Å². The first kappa shape index (κ1) is 17.5. The highest BCUT2D eigenvalue weighted by Gasteiger charge is 2.27. The minimum atomic E-state index is -4.42. The monoisotopic (exact) mass is 415 g/mol. The SMILES string of the molecule is Cc1cc(Br)cc(C)c1-n1cc2c(=O)[nH]c(NCC(F)(F)F)nc2n1. The van der Waals surface area contributed by atoms with Crippen LogP contribution in [0.4, 0.5) is 19.1 Å². The van der Waals surface area contributed by atoms with E-state index in [1.54, 1.807) is 0 Å². The third kappa shape index (κ3) is 3.68. The molecule has 0 radical (unpaired) electrons. The van der Waals surface area contributed by atoms with Gasteiger partial charge in [-0.15, -0.1) is 5.10 Å². The molecule has 0 aliphatic rings. The fourth-order valence-electron chi connectivity index (χ4n) is 2.56. The molecule has 1 aromatic carbocycles. The largest absolute Gasteiger partial charge is 0.405 e. The quantitative estimate of drug-likeness (QED) is 0.686. The molecule has 2 N–H and O–H groups in total. The molecule has 0 amide bonds. The van der Waals surface area contributed by atoms with Crippen LogP contribution in [0.5, 0.6) is 0 Å². The molecule has 0 unspecified atom stereocenters. The fourth-order valence-corrected chi connectivity index (χ4v) is 3.25. The molecule has 132 valence electrons. The second-order valence-corrected chi connectivity index (χ2v) is 6.50. The molecule has 3 rings (SSSR count). The molecule has 10 heteroatoms. The normalized spacial score (nSPS) is 11.9. The number of nitrogens with zero attached hydrogens (tertiary/aromatic N) is 3. The smallest absolute Gasteiger partial charge is 0.347 e. The Hall–Kier alpha value is -2.36. The zero-order chi connectivity index (χ0) is 18.4. The molecule has 0 saturated carbocycles. The second kappa shape index (κ2) is 6.17. The Morgan fingerprint density at radius 1 is 1.28 bits per heavy atom. The number of hydrogen-bond acceptors (Lipinski definition) is 4. The number of aromatic nitrogens is 4. The number of aromatic amines is 1. The molecule has 0 bridgehead atoms. The van der Waals surface area contributed by atoms with E-state index in [1.165, 1.54) is 10.9 Å². The third-order valence-corrected chi connectivity index (χ3v) is 3.99. The van der Waals surface area contributed by atoms with Crippen molar-refractivity contribution in [2.45, 2.75) is 20.0 Å². The van der Waals surface area contributed by atoms with Crippen molar-refractivity contribution in [3.8, 4) is 5.69 Å². The number of halogens is 4. The Bertz CT molecular complexity index is 986. The van der Waals surface area contributed by atoms with Gasteiger partial charge >= 0.3 is 6.18 Å². The van der Waals surface area contributed by atoms with Crippen molar-refractivity contribution in [2.24, 2.45) is 0 Å². The van der Waals surface area contributed by atoms with Crippen molar-refractivity contribution >= 4 is 32.9 Å². The summed E-state index contributed by atoms with van der Waals surface area (Å²) in [6, 6.07) is 3.81. The van der Waals surface area contributed by atoms with Crippen LogP contribution in [-0.2, 0) is 0 Å². The van der Waals surface area contributed by atoms with E-state index in [2.05, 4.69) is 31.0 Å². The minimum Gasteiger partial charge on any atom is -0.347 e. The predicted molar refractivity (Wildman–Crippen MR) is 91.2 cm³/mol. The van der Waals surface area contributed by atoms with Crippen molar-refractivity contribution in [2.75, 3.05) is 11.9 Å². The van der Waals surface area contributed by atoms with E-state index in [1.807, 2.05) is 31.3 Å². The zero-order valence-corrected chi connectivity index (χ0v) is 14.8. The number of H-pyrrole nitrogens is 1. The molecular weight excluding hydrogens is 403 g/mol. The zero-order valence-electron chi connectivity index (χ0n) is 13.2. The number of fused-ring (bicyclic) bond motifs is 1. The Balaban J connectivity index is 2.06. The van der Waals surface area contributed by atoms with E-state index in [4.69, 9.17) is 0 Å². The van der Waals surface area contributed by atoms with Gasteiger partial charge in [0.1, 0.15) is 11.9 Å². The lowest BCUT2D eigenvalue weighted by molar-refractivity contribution is -0.115. The molecule has 0 aliphatic heterocycles. The maximum absolute atomic E-state index is 12.3. The van der Waals surface area contributed by atoms with Gasteiger partial charge in [-0.05, 0) is 37.1 Å². The van der Waals surface area contributed by atoms with Crippen molar-refractivity contribution in [1.29, 1.82) is 0 Å². The lowest BCUT2D eigenvalue weighted by Crippen LogP contribution is -2.23. The summed E-state index contributed by atoms with van der Waals surface area (Å²) in [5.74, 6) is -0.274. The second-order valence-electron chi connectivity index (χ2n) is 5.58. The minimum absolute atomic E-state index is 0.0649. The summed E-state index contributed by atoms with van der Waals surface area (Å²) in [5, 5.41) is 6.49. The van der Waals surface area contributed by atoms with Crippen LogP contribution in [0.1, 0.15) is 11.1 Å². The van der Waals surface area contributed by atoms with Crippen molar-refractivity contribution in [3.05, 3.63) is 44.3 Å². The number of anilines is 1. The summed E-state index contributed by atoms with van der Waals surface area (Å²) in [6.45, 7) is 2.49. The van der Waals surface area contributed by atoms with Gasteiger partial charge in [0.05, 0.1) is 5.69 Å². The Kier molecular flexibility index (Phi) is 4.31. The maximum atomic E-state index is 12.3. The van der Waals surface area contributed by atoms with Gasteiger partial charge in [-0.25, -0.2) is 4.68 Å². The van der Waals surface area contributed by atoms with Gasteiger partial charge in [-0.2, -0.15) is 18.2 Å². The van der Waals surface area contributed by atoms with Crippen LogP contribution in [0.2, 0.25) is 0 Å². The topological polar surface area (TPSA) is 75.6 Å². The van der Waals surface area contributed by atoms with Crippen LogP contribution in [0.3, 0.4) is 0 Å². The van der Waals surface area contributed by atoms with E-state index in [0.29, 0.717) is 0 Å². The fraction of sp³-hybridized carbons (Fsp3) is 0.267. The Morgan fingerprint density at radius 3 is 2.52 bits per heavy atom. The van der Waals surface area contributed by atoms with Gasteiger partial charge in [-0.1, -0.05) is 15.9 Å². The third-order valence-electron chi connectivity index (χ3n) is 3.53. The molecule has 2 heterocycles. The van der Waals surface area contributed by atoms with E-state index in [9.17, 15) is 18.0 Å². The number of alkyl halides is 3. The average Bonchev–Trinajstić information content (AvgIpc) is 2.87. The summed E-state index contributed by atoms with van der Waals surface area (Å²) < 4.78 is 39.3. The number of nitrogens with one attached hydrogen (secondary N) is 2. The number of hydrogen-bond donors (Lipinski definition) is 2. The molecule has 0 saturated heterocycles. The Morgan fingerprint density at radius 2 is 1.92 bits per heavy atom. The van der Waals surface area contributed by atoms with E-state index in [0.717, 1.165) is 21.3 Å². The highest BCUT2D eigenvalue weighted by Crippen LogP contribution is 2.24. The van der Waals surface area contributed by atoms with Crippen LogP contribution in [-0.4, -0.2) is 32.5 Å². The molecule has 0 fully saturated rings. The lowest BCUT2D eigenvalue weighted by atomic mass is 10.1. The van der Waals surface area contributed by atoms with Gasteiger partial charge in [-0.3, -0.25) is 9.78 Å².